The Balaban J connectivity index is 2.46. The predicted molar refractivity (Wildman–Crippen MR) is 71.1 cm³/mol. The minimum atomic E-state index is -0.730. The second kappa shape index (κ2) is 5.36. The monoisotopic (exact) mass is 245 g/mol. The topological polar surface area (TPSA) is 52.3 Å². The van der Waals surface area contributed by atoms with Gasteiger partial charge in [0.25, 0.3) is 0 Å². The lowest BCUT2D eigenvalue weighted by molar-refractivity contribution is -0.151. The van der Waals surface area contributed by atoms with Crippen molar-refractivity contribution in [3.63, 3.8) is 0 Å². The van der Waals surface area contributed by atoms with E-state index in [9.17, 15) is 4.79 Å². The highest BCUT2D eigenvalue weighted by molar-refractivity contribution is 5.85. The van der Waals surface area contributed by atoms with E-state index in [1.54, 1.807) is 0 Å². The lowest BCUT2D eigenvalue weighted by atomic mass is 9.69. The van der Waals surface area contributed by atoms with Crippen LogP contribution >= 0.6 is 0 Å². The Morgan fingerprint density at radius 1 is 1.44 bits per heavy atom. The fourth-order valence-corrected chi connectivity index (χ4v) is 2.57. The van der Waals surface area contributed by atoms with Crippen LogP contribution in [0.25, 0.3) is 0 Å². The second-order valence-electron chi connectivity index (χ2n) is 4.55. The summed E-state index contributed by atoms with van der Waals surface area (Å²) < 4.78 is 5.26. The Bertz CT molecular complexity index is 441. The molecule has 0 aromatic heterocycles. The van der Waals surface area contributed by atoms with Crippen LogP contribution in [-0.4, -0.2) is 18.6 Å². The average molecular weight is 245 g/mol. The first-order valence-electron chi connectivity index (χ1n) is 6.37. The van der Waals surface area contributed by atoms with Crippen molar-refractivity contribution in [2.75, 3.05) is 6.61 Å². The SMILES string of the molecule is CCOC(=O)[C@]1(c2ccccc2)CCC=C[C@H]1N. The molecule has 2 N–H and O–H groups in total. The van der Waals surface area contributed by atoms with Crippen molar-refractivity contribution in [1.82, 2.24) is 0 Å². The van der Waals surface area contributed by atoms with Gasteiger partial charge in [-0.3, -0.25) is 4.79 Å². The van der Waals surface area contributed by atoms with E-state index >= 15 is 0 Å². The fourth-order valence-electron chi connectivity index (χ4n) is 2.57. The van der Waals surface area contributed by atoms with E-state index in [-0.39, 0.29) is 12.0 Å². The minimum absolute atomic E-state index is 0.215. The van der Waals surface area contributed by atoms with E-state index in [0.717, 1.165) is 12.0 Å². The molecule has 1 aromatic rings. The van der Waals surface area contributed by atoms with Crippen LogP contribution in [0.2, 0.25) is 0 Å². The third kappa shape index (κ3) is 2.06. The molecule has 0 fully saturated rings. The maximum Gasteiger partial charge on any atom is 0.318 e. The van der Waals surface area contributed by atoms with E-state index in [1.165, 1.54) is 0 Å². The second-order valence-corrected chi connectivity index (χ2v) is 4.55. The van der Waals surface area contributed by atoms with Crippen LogP contribution in [0.5, 0.6) is 0 Å². The molecule has 0 saturated carbocycles. The quantitative estimate of drug-likeness (QED) is 0.656. The zero-order valence-electron chi connectivity index (χ0n) is 10.6. The third-order valence-corrected chi connectivity index (χ3v) is 3.55. The summed E-state index contributed by atoms with van der Waals surface area (Å²) in [6.07, 6.45) is 5.49. The summed E-state index contributed by atoms with van der Waals surface area (Å²) >= 11 is 0. The number of carbonyl (C=O) groups is 1. The highest BCUT2D eigenvalue weighted by Gasteiger charge is 2.46. The van der Waals surface area contributed by atoms with Crippen molar-refractivity contribution < 1.29 is 9.53 Å². The van der Waals surface area contributed by atoms with Crippen molar-refractivity contribution in [3.8, 4) is 0 Å². The molecule has 0 bridgehead atoms. The van der Waals surface area contributed by atoms with E-state index < -0.39 is 5.41 Å². The predicted octanol–water partition coefficient (Wildman–Crippen LogP) is 2.16. The molecule has 2 rings (SSSR count). The van der Waals surface area contributed by atoms with E-state index in [1.807, 2.05) is 49.4 Å². The van der Waals surface area contributed by atoms with Crippen LogP contribution in [0.1, 0.15) is 25.3 Å². The van der Waals surface area contributed by atoms with Crippen LogP contribution in [0.15, 0.2) is 42.5 Å². The molecule has 0 heterocycles. The van der Waals surface area contributed by atoms with Crippen LogP contribution < -0.4 is 5.73 Å². The lowest BCUT2D eigenvalue weighted by Gasteiger charge is -2.37. The molecule has 0 spiro atoms. The zero-order valence-corrected chi connectivity index (χ0v) is 10.6. The molecule has 0 unspecified atom stereocenters. The summed E-state index contributed by atoms with van der Waals surface area (Å²) in [5, 5.41) is 0. The molecule has 0 aliphatic heterocycles. The van der Waals surface area contributed by atoms with Gasteiger partial charge in [0.1, 0.15) is 5.41 Å². The maximum atomic E-state index is 12.4. The Morgan fingerprint density at radius 2 is 2.17 bits per heavy atom. The molecular weight excluding hydrogens is 226 g/mol. The van der Waals surface area contributed by atoms with Gasteiger partial charge in [-0.05, 0) is 25.3 Å². The zero-order chi connectivity index (χ0) is 13.0. The summed E-state index contributed by atoms with van der Waals surface area (Å²) in [5.41, 5.74) is 6.40. The van der Waals surface area contributed by atoms with Gasteiger partial charge in [0.05, 0.1) is 6.61 Å². The number of allylic oxidation sites excluding steroid dienone is 1. The minimum Gasteiger partial charge on any atom is -0.465 e. The van der Waals surface area contributed by atoms with Gasteiger partial charge in [-0.2, -0.15) is 0 Å². The largest absolute Gasteiger partial charge is 0.465 e. The fraction of sp³-hybridized carbons (Fsp3) is 0.400. The number of rotatable bonds is 3. The molecule has 3 nitrogen and oxygen atoms in total. The molecule has 2 atom stereocenters. The van der Waals surface area contributed by atoms with Gasteiger partial charge >= 0.3 is 5.97 Å². The molecule has 1 aromatic carbocycles. The summed E-state index contributed by atoms with van der Waals surface area (Å²) in [4.78, 5) is 12.4. The molecule has 0 amide bonds. The first-order chi connectivity index (χ1) is 8.71. The molecule has 96 valence electrons. The molecule has 3 heteroatoms. The highest BCUT2D eigenvalue weighted by Crippen LogP contribution is 2.37. The highest BCUT2D eigenvalue weighted by atomic mass is 16.5. The van der Waals surface area contributed by atoms with E-state index in [4.69, 9.17) is 10.5 Å². The molecule has 18 heavy (non-hydrogen) atoms. The van der Waals surface area contributed by atoms with Crippen LogP contribution in [0.4, 0.5) is 0 Å². The number of ether oxygens (including phenoxy) is 1. The Hall–Kier alpha value is -1.61. The number of nitrogens with two attached hydrogens (primary N) is 1. The molecule has 0 radical (unpaired) electrons. The summed E-state index contributed by atoms with van der Waals surface area (Å²) in [5.74, 6) is -0.215. The number of benzene rings is 1. The summed E-state index contributed by atoms with van der Waals surface area (Å²) in [7, 11) is 0. The summed E-state index contributed by atoms with van der Waals surface area (Å²) in [6.45, 7) is 2.20. The summed E-state index contributed by atoms with van der Waals surface area (Å²) in [6, 6.07) is 9.38. The number of carbonyl (C=O) groups excluding carboxylic acids is 1. The molecule has 1 aliphatic rings. The third-order valence-electron chi connectivity index (χ3n) is 3.55. The van der Waals surface area contributed by atoms with E-state index in [0.29, 0.717) is 13.0 Å². The molecular formula is C15H19NO2. The number of esters is 1. The normalized spacial score (nSPS) is 26.9. The van der Waals surface area contributed by atoms with Gasteiger partial charge in [-0.25, -0.2) is 0 Å². The van der Waals surface area contributed by atoms with Gasteiger partial charge in [0, 0.05) is 6.04 Å². The average Bonchev–Trinajstić information content (AvgIpc) is 2.41. The molecule has 0 saturated heterocycles. The lowest BCUT2D eigenvalue weighted by Crippen LogP contribution is -2.52. The van der Waals surface area contributed by atoms with Crippen molar-refractivity contribution in [2.45, 2.75) is 31.2 Å². The Morgan fingerprint density at radius 3 is 2.78 bits per heavy atom. The van der Waals surface area contributed by atoms with Crippen LogP contribution in [-0.2, 0) is 14.9 Å². The Kier molecular flexibility index (Phi) is 3.82. The first-order valence-corrected chi connectivity index (χ1v) is 6.37. The first kappa shape index (κ1) is 12.8. The number of hydrogen-bond acceptors (Lipinski definition) is 3. The van der Waals surface area contributed by atoms with Gasteiger partial charge in [0.15, 0.2) is 0 Å². The van der Waals surface area contributed by atoms with Gasteiger partial charge in [-0.15, -0.1) is 0 Å². The van der Waals surface area contributed by atoms with Crippen molar-refractivity contribution in [1.29, 1.82) is 0 Å². The van der Waals surface area contributed by atoms with Crippen molar-refractivity contribution in [2.24, 2.45) is 5.73 Å². The standard InChI is InChI=1S/C15H19NO2/c1-2-18-14(17)15(11-7-6-10-13(15)16)12-8-4-3-5-9-12/h3-6,8-10,13H,2,7,11,16H2,1H3/t13-,15+/m1/s1. The van der Waals surface area contributed by atoms with Crippen molar-refractivity contribution >= 4 is 5.97 Å². The maximum absolute atomic E-state index is 12.4. The van der Waals surface area contributed by atoms with Crippen LogP contribution in [0.3, 0.4) is 0 Å². The van der Waals surface area contributed by atoms with Crippen molar-refractivity contribution in [3.05, 3.63) is 48.0 Å². The van der Waals surface area contributed by atoms with Gasteiger partial charge in [0.2, 0.25) is 0 Å². The van der Waals surface area contributed by atoms with E-state index in [2.05, 4.69) is 0 Å². The Labute approximate surface area is 108 Å². The molecule has 1 aliphatic carbocycles. The number of hydrogen-bond donors (Lipinski definition) is 1. The smallest absolute Gasteiger partial charge is 0.318 e. The van der Waals surface area contributed by atoms with Gasteiger partial charge in [-0.1, -0.05) is 42.5 Å². The van der Waals surface area contributed by atoms with Crippen LogP contribution in [0, 0.1) is 0 Å². The van der Waals surface area contributed by atoms with Gasteiger partial charge < -0.3 is 10.5 Å².